The minimum Gasteiger partial charge on any atom is -0.497 e. The summed E-state index contributed by atoms with van der Waals surface area (Å²) in [4.78, 5) is 0. The molecule has 0 spiro atoms. The predicted octanol–water partition coefficient (Wildman–Crippen LogP) is 2.71. The summed E-state index contributed by atoms with van der Waals surface area (Å²) in [5.41, 5.74) is 2.65. The molecule has 0 aliphatic heterocycles. The van der Waals surface area contributed by atoms with E-state index in [0.29, 0.717) is 6.04 Å². The van der Waals surface area contributed by atoms with Gasteiger partial charge >= 0.3 is 0 Å². The number of hydrogen-bond acceptors (Lipinski definition) is 3. The fraction of sp³-hybridized carbons (Fsp3) is 0.471. The fourth-order valence-corrected chi connectivity index (χ4v) is 2.77. The van der Waals surface area contributed by atoms with Gasteiger partial charge in [0.2, 0.25) is 0 Å². The van der Waals surface area contributed by atoms with Crippen LogP contribution in [-0.2, 0) is 13.5 Å². The Labute approximate surface area is 126 Å². The Bertz CT molecular complexity index is 572. The van der Waals surface area contributed by atoms with Gasteiger partial charge in [0, 0.05) is 19.3 Å². The molecule has 112 valence electrons. The second-order valence-electron chi connectivity index (χ2n) is 5.81. The van der Waals surface area contributed by atoms with Gasteiger partial charge < -0.3 is 10.1 Å². The third-order valence-electron chi connectivity index (χ3n) is 4.10. The van der Waals surface area contributed by atoms with Crippen molar-refractivity contribution in [2.24, 2.45) is 13.0 Å². The lowest BCUT2D eigenvalue weighted by atomic mass is 10.0. The van der Waals surface area contributed by atoms with E-state index in [-0.39, 0.29) is 0 Å². The Morgan fingerprint density at radius 3 is 2.67 bits per heavy atom. The van der Waals surface area contributed by atoms with Crippen LogP contribution in [0.1, 0.15) is 30.0 Å². The molecular formula is C17H23N3O. The highest BCUT2D eigenvalue weighted by Crippen LogP contribution is 2.41. The van der Waals surface area contributed by atoms with Crippen molar-refractivity contribution in [3.05, 3.63) is 47.8 Å². The van der Waals surface area contributed by atoms with E-state index in [1.165, 1.54) is 24.0 Å². The molecule has 4 heteroatoms. The highest BCUT2D eigenvalue weighted by Gasteiger charge is 2.31. The minimum absolute atomic E-state index is 0.465. The molecule has 21 heavy (non-hydrogen) atoms. The SMILES string of the molecule is COc1ccc(C(NCCc2cnn(C)c2)C2CC2)cc1. The standard InChI is InChI=1S/C17H23N3O/c1-20-12-13(11-19-20)9-10-18-17(14-3-4-14)15-5-7-16(21-2)8-6-15/h5-8,11-12,14,17-18H,3-4,9-10H2,1-2H3. The molecule has 1 heterocycles. The van der Waals surface area contributed by atoms with Crippen LogP contribution in [0, 0.1) is 5.92 Å². The first-order valence-corrected chi connectivity index (χ1v) is 7.61. The maximum Gasteiger partial charge on any atom is 0.118 e. The zero-order valence-corrected chi connectivity index (χ0v) is 12.7. The van der Waals surface area contributed by atoms with Crippen LogP contribution in [0.3, 0.4) is 0 Å². The van der Waals surface area contributed by atoms with E-state index in [0.717, 1.165) is 24.6 Å². The van der Waals surface area contributed by atoms with Crippen LogP contribution >= 0.6 is 0 Å². The number of ether oxygens (including phenoxy) is 1. The van der Waals surface area contributed by atoms with Crippen LogP contribution in [0.25, 0.3) is 0 Å². The molecule has 2 aromatic rings. The van der Waals surface area contributed by atoms with Gasteiger partial charge in [0.15, 0.2) is 0 Å². The third-order valence-corrected chi connectivity index (χ3v) is 4.10. The summed E-state index contributed by atoms with van der Waals surface area (Å²) in [5.74, 6) is 1.70. The van der Waals surface area contributed by atoms with Crippen LogP contribution in [-0.4, -0.2) is 23.4 Å². The predicted molar refractivity (Wildman–Crippen MR) is 83.4 cm³/mol. The highest BCUT2D eigenvalue weighted by atomic mass is 16.5. The van der Waals surface area contributed by atoms with Gasteiger partial charge in [0.05, 0.1) is 13.3 Å². The number of rotatable bonds is 7. The number of hydrogen-bond donors (Lipinski definition) is 1. The molecular weight excluding hydrogens is 262 g/mol. The van der Waals surface area contributed by atoms with Gasteiger partial charge in [-0.25, -0.2) is 0 Å². The molecule has 1 aromatic carbocycles. The molecule has 1 aliphatic carbocycles. The Kier molecular flexibility index (Phi) is 4.25. The molecule has 1 saturated carbocycles. The van der Waals surface area contributed by atoms with E-state index in [4.69, 9.17) is 4.74 Å². The lowest BCUT2D eigenvalue weighted by molar-refractivity contribution is 0.414. The summed E-state index contributed by atoms with van der Waals surface area (Å²) in [7, 11) is 3.67. The van der Waals surface area contributed by atoms with E-state index < -0.39 is 0 Å². The van der Waals surface area contributed by atoms with Crippen LogP contribution in [0.2, 0.25) is 0 Å². The number of benzene rings is 1. The summed E-state index contributed by atoms with van der Waals surface area (Å²) in [6.45, 7) is 0.985. The zero-order chi connectivity index (χ0) is 14.7. The second kappa shape index (κ2) is 6.31. The van der Waals surface area contributed by atoms with Crippen molar-refractivity contribution in [1.82, 2.24) is 15.1 Å². The lowest BCUT2D eigenvalue weighted by Gasteiger charge is -2.19. The summed E-state index contributed by atoms with van der Waals surface area (Å²) >= 11 is 0. The molecule has 1 N–H and O–H groups in total. The molecule has 4 nitrogen and oxygen atoms in total. The van der Waals surface area contributed by atoms with Crippen molar-refractivity contribution in [2.45, 2.75) is 25.3 Å². The lowest BCUT2D eigenvalue weighted by Crippen LogP contribution is -2.25. The van der Waals surface area contributed by atoms with E-state index in [1.54, 1.807) is 7.11 Å². The van der Waals surface area contributed by atoms with E-state index in [9.17, 15) is 0 Å². The van der Waals surface area contributed by atoms with Crippen molar-refractivity contribution in [2.75, 3.05) is 13.7 Å². The maximum absolute atomic E-state index is 5.24. The Morgan fingerprint density at radius 1 is 1.33 bits per heavy atom. The van der Waals surface area contributed by atoms with Gasteiger partial charge in [-0.05, 0) is 55.0 Å². The number of methoxy groups -OCH3 is 1. The van der Waals surface area contributed by atoms with Crippen LogP contribution in [0.4, 0.5) is 0 Å². The van der Waals surface area contributed by atoms with Gasteiger partial charge in [-0.2, -0.15) is 5.10 Å². The molecule has 1 unspecified atom stereocenters. The first-order valence-electron chi connectivity index (χ1n) is 7.61. The van der Waals surface area contributed by atoms with Crippen LogP contribution in [0.5, 0.6) is 5.75 Å². The number of aryl methyl sites for hydroxylation is 1. The maximum atomic E-state index is 5.24. The third kappa shape index (κ3) is 3.64. The minimum atomic E-state index is 0.465. The molecule has 1 atom stereocenters. The van der Waals surface area contributed by atoms with Crippen LogP contribution < -0.4 is 10.1 Å². The molecule has 1 aliphatic rings. The topological polar surface area (TPSA) is 39.1 Å². The van der Waals surface area contributed by atoms with E-state index in [1.807, 2.05) is 30.1 Å². The number of nitrogens with zero attached hydrogens (tertiary/aromatic N) is 2. The van der Waals surface area contributed by atoms with Gasteiger partial charge in [-0.1, -0.05) is 12.1 Å². The van der Waals surface area contributed by atoms with Crippen molar-refractivity contribution < 1.29 is 4.74 Å². The smallest absolute Gasteiger partial charge is 0.118 e. The molecule has 0 bridgehead atoms. The summed E-state index contributed by atoms with van der Waals surface area (Å²) in [5, 5.41) is 7.93. The van der Waals surface area contributed by atoms with E-state index >= 15 is 0 Å². The van der Waals surface area contributed by atoms with Gasteiger partial charge in [0.25, 0.3) is 0 Å². The van der Waals surface area contributed by atoms with Crippen molar-refractivity contribution in [3.63, 3.8) is 0 Å². The average molecular weight is 285 g/mol. The summed E-state index contributed by atoms with van der Waals surface area (Å²) < 4.78 is 7.09. The van der Waals surface area contributed by atoms with Crippen molar-refractivity contribution in [1.29, 1.82) is 0 Å². The highest BCUT2D eigenvalue weighted by molar-refractivity contribution is 5.30. The molecule has 0 amide bonds. The molecule has 0 radical (unpaired) electrons. The first-order chi connectivity index (χ1) is 10.3. The summed E-state index contributed by atoms with van der Waals surface area (Å²) in [6.07, 6.45) is 7.71. The number of nitrogens with one attached hydrogen (secondary N) is 1. The van der Waals surface area contributed by atoms with Gasteiger partial charge in [-0.15, -0.1) is 0 Å². The summed E-state index contributed by atoms with van der Waals surface area (Å²) in [6, 6.07) is 8.92. The van der Waals surface area contributed by atoms with Crippen LogP contribution in [0.15, 0.2) is 36.7 Å². The Hall–Kier alpha value is -1.81. The van der Waals surface area contributed by atoms with Crippen molar-refractivity contribution >= 4 is 0 Å². The van der Waals surface area contributed by atoms with Crippen molar-refractivity contribution in [3.8, 4) is 5.75 Å². The Balaban J connectivity index is 1.59. The van der Waals surface area contributed by atoms with Gasteiger partial charge in [0.1, 0.15) is 5.75 Å². The van der Waals surface area contributed by atoms with E-state index in [2.05, 4.69) is 28.7 Å². The monoisotopic (exact) mass is 285 g/mol. The number of aromatic nitrogens is 2. The average Bonchev–Trinajstić information content (AvgIpc) is 3.26. The quantitative estimate of drug-likeness (QED) is 0.850. The normalized spacial score (nSPS) is 15.9. The first kappa shape index (κ1) is 14.1. The largest absolute Gasteiger partial charge is 0.497 e. The Morgan fingerprint density at radius 2 is 2.10 bits per heavy atom. The molecule has 1 aromatic heterocycles. The van der Waals surface area contributed by atoms with Gasteiger partial charge in [-0.3, -0.25) is 4.68 Å². The fourth-order valence-electron chi connectivity index (χ4n) is 2.77. The zero-order valence-electron chi connectivity index (χ0n) is 12.7. The molecule has 1 fully saturated rings. The second-order valence-corrected chi connectivity index (χ2v) is 5.81. The molecule has 0 saturated heterocycles. The molecule has 3 rings (SSSR count).